The van der Waals surface area contributed by atoms with Gasteiger partial charge in [0.1, 0.15) is 7.05 Å². The van der Waals surface area contributed by atoms with Gasteiger partial charge in [-0.1, -0.05) is 78.4 Å². The largest absolute Gasteiger partial charge is 0.213 e. The molecule has 5 aromatic rings. The third-order valence-corrected chi connectivity index (χ3v) is 8.08. The number of fused-ring (bicyclic) bond motifs is 7. The van der Waals surface area contributed by atoms with Gasteiger partial charge >= 0.3 is 0 Å². The summed E-state index contributed by atoms with van der Waals surface area (Å²) in [6.45, 7) is 4.49. The first-order chi connectivity index (χ1) is 17.1. The SMILES string of the molecule is Cc1ccc(-c2cc[n+](C)c(-c3c(C)c4c(c5c3Cc3ccccc3-5)-c3ccccc3C4)c2)cc1. The molecule has 0 fully saturated rings. The molecule has 0 saturated heterocycles. The number of aryl methyl sites for hydroxylation is 2. The fourth-order valence-electron chi connectivity index (χ4n) is 6.29. The first-order valence-corrected chi connectivity index (χ1v) is 12.5. The number of rotatable bonds is 2. The Hall–Kier alpha value is -3.97. The Labute approximate surface area is 207 Å². The number of nitrogens with zero attached hydrogens (tertiary/aromatic N) is 1. The standard InChI is InChI=1S/C34H28N/c1-21-12-14-23(15-13-21)24-16-17-35(3)31(20-24)32-22(2)29-18-25-8-4-6-10-27(25)33(29)34-28-11-7-5-9-26(28)19-30(32)34/h4-17,20H,18-19H2,1-3H3/q+1. The van der Waals surface area contributed by atoms with E-state index >= 15 is 0 Å². The lowest BCUT2D eigenvalue weighted by Gasteiger charge is -2.18. The summed E-state index contributed by atoms with van der Waals surface area (Å²) in [5, 5.41) is 0. The average Bonchev–Trinajstić information content (AvgIpc) is 3.44. The molecule has 0 saturated carbocycles. The number of pyridine rings is 1. The van der Waals surface area contributed by atoms with Gasteiger partial charge in [-0.3, -0.25) is 0 Å². The zero-order chi connectivity index (χ0) is 23.7. The lowest BCUT2D eigenvalue weighted by atomic mass is 9.85. The van der Waals surface area contributed by atoms with Crippen molar-refractivity contribution in [3.8, 4) is 44.6 Å². The monoisotopic (exact) mass is 450 g/mol. The Morgan fingerprint density at radius 3 is 1.89 bits per heavy atom. The third kappa shape index (κ3) is 2.98. The van der Waals surface area contributed by atoms with Crippen molar-refractivity contribution >= 4 is 0 Å². The lowest BCUT2D eigenvalue weighted by molar-refractivity contribution is -0.660. The van der Waals surface area contributed by atoms with Gasteiger partial charge in [0, 0.05) is 12.1 Å². The normalized spacial score (nSPS) is 12.8. The predicted molar refractivity (Wildman–Crippen MR) is 144 cm³/mol. The van der Waals surface area contributed by atoms with Gasteiger partial charge in [-0.25, -0.2) is 4.57 Å². The van der Waals surface area contributed by atoms with E-state index in [1.807, 2.05) is 0 Å². The van der Waals surface area contributed by atoms with Gasteiger partial charge in [0.25, 0.3) is 0 Å². The number of hydrogen-bond donors (Lipinski definition) is 0. The third-order valence-electron chi connectivity index (χ3n) is 8.08. The minimum Gasteiger partial charge on any atom is -0.201 e. The van der Waals surface area contributed by atoms with Crippen LogP contribution in [0.3, 0.4) is 0 Å². The first-order valence-electron chi connectivity index (χ1n) is 12.5. The maximum atomic E-state index is 2.39. The van der Waals surface area contributed by atoms with Crippen molar-refractivity contribution in [2.45, 2.75) is 26.7 Å². The molecule has 0 spiro atoms. The van der Waals surface area contributed by atoms with E-state index in [0.717, 1.165) is 12.8 Å². The average molecular weight is 451 g/mol. The summed E-state index contributed by atoms with van der Waals surface area (Å²) in [4.78, 5) is 0. The van der Waals surface area contributed by atoms with Gasteiger partial charge in [0.2, 0.25) is 5.69 Å². The Balaban J connectivity index is 1.53. The summed E-state index contributed by atoms with van der Waals surface area (Å²) in [7, 11) is 2.18. The van der Waals surface area contributed by atoms with Crippen LogP contribution in [0.4, 0.5) is 0 Å². The molecule has 7 rings (SSSR count). The molecule has 0 bridgehead atoms. The Morgan fingerprint density at radius 2 is 1.20 bits per heavy atom. The zero-order valence-corrected chi connectivity index (χ0v) is 20.5. The maximum Gasteiger partial charge on any atom is 0.213 e. The van der Waals surface area contributed by atoms with Crippen LogP contribution in [-0.4, -0.2) is 0 Å². The van der Waals surface area contributed by atoms with E-state index in [9.17, 15) is 0 Å². The van der Waals surface area contributed by atoms with Crippen molar-refractivity contribution in [3.63, 3.8) is 0 Å². The van der Waals surface area contributed by atoms with Gasteiger partial charge in [-0.15, -0.1) is 0 Å². The maximum absolute atomic E-state index is 2.39. The molecule has 2 aliphatic carbocycles. The summed E-state index contributed by atoms with van der Waals surface area (Å²) in [5.41, 5.74) is 19.6. The second kappa shape index (κ2) is 7.52. The van der Waals surface area contributed by atoms with E-state index in [1.165, 1.54) is 78.0 Å². The van der Waals surface area contributed by atoms with Gasteiger partial charge in [0.15, 0.2) is 6.20 Å². The van der Waals surface area contributed by atoms with E-state index in [-0.39, 0.29) is 0 Å². The van der Waals surface area contributed by atoms with Crippen LogP contribution >= 0.6 is 0 Å². The van der Waals surface area contributed by atoms with Crippen LogP contribution in [-0.2, 0) is 19.9 Å². The molecular weight excluding hydrogens is 422 g/mol. The van der Waals surface area contributed by atoms with Crippen LogP contribution in [0.2, 0.25) is 0 Å². The molecule has 0 unspecified atom stereocenters. The second-order valence-electron chi connectivity index (χ2n) is 10.2. The van der Waals surface area contributed by atoms with E-state index in [0.29, 0.717) is 0 Å². The minimum atomic E-state index is 0.992. The molecule has 0 N–H and O–H groups in total. The van der Waals surface area contributed by atoms with Crippen molar-refractivity contribution < 1.29 is 4.57 Å². The van der Waals surface area contributed by atoms with Crippen molar-refractivity contribution in [1.29, 1.82) is 0 Å². The van der Waals surface area contributed by atoms with E-state index in [4.69, 9.17) is 0 Å². The van der Waals surface area contributed by atoms with Crippen molar-refractivity contribution in [3.05, 3.63) is 125 Å². The van der Waals surface area contributed by atoms with Gasteiger partial charge < -0.3 is 0 Å². The van der Waals surface area contributed by atoms with E-state index in [2.05, 4.69) is 117 Å². The molecule has 0 radical (unpaired) electrons. The molecule has 1 aromatic heterocycles. The molecule has 0 amide bonds. The number of aromatic nitrogens is 1. The second-order valence-corrected chi connectivity index (χ2v) is 10.2. The van der Waals surface area contributed by atoms with Crippen LogP contribution in [0.5, 0.6) is 0 Å². The zero-order valence-electron chi connectivity index (χ0n) is 20.5. The Morgan fingerprint density at radius 1 is 0.600 bits per heavy atom. The van der Waals surface area contributed by atoms with Crippen LogP contribution in [0.1, 0.15) is 33.4 Å². The molecule has 2 aliphatic rings. The van der Waals surface area contributed by atoms with Crippen LogP contribution in [0.25, 0.3) is 44.6 Å². The molecule has 35 heavy (non-hydrogen) atoms. The molecule has 1 heterocycles. The van der Waals surface area contributed by atoms with E-state index < -0.39 is 0 Å². The lowest BCUT2D eigenvalue weighted by Crippen LogP contribution is -2.31. The van der Waals surface area contributed by atoms with E-state index in [1.54, 1.807) is 0 Å². The highest BCUT2D eigenvalue weighted by Crippen LogP contribution is 2.53. The Bertz CT molecular complexity index is 1650. The summed E-state index contributed by atoms with van der Waals surface area (Å²) in [5.74, 6) is 0. The van der Waals surface area contributed by atoms with Crippen LogP contribution in [0.15, 0.2) is 91.1 Å². The quantitative estimate of drug-likeness (QED) is 0.239. The summed E-state index contributed by atoms with van der Waals surface area (Å²) >= 11 is 0. The van der Waals surface area contributed by atoms with Gasteiger partial charge in [0.05, 0.1) is 5.56 Å². The van der Waals surface area contributed by atoms with Crippen molar-refractivity contribution in [1.82, 2.24) is 0 Å². The molecule has 1 heteroatoms. The number of hydrogen-bond acceptors (Lipinski definition) is 0. The summed E-state index contributed by atoms with van der Waals surface area (Å²) < 4.78 is 2.30. The molecule has 4 aromatic carbocycles. The molecule has 0 aliphatic heterocycles. The fourth-order valence-corrected chi connectivity index (χ4v) is 6.29. The van der Waals surface area contributed by atoms with Crippen molar-refractivity contribution in [2.24, 2.45) is 7.05 Å². The Kier molecular flexibility index (Phi) is 4.38. The van der Waals surface area contributed by atoms with Gasteiger partial charge in [-0.05, 0) is 87.9 Å². The topological polar surface area (TPSA) is 3.88 Å². The summed E-state index contributed by atoms with van der Waals surface area (Å²) in [6.07, 6.45) is 4.23. The highest BCUT2D eigenvalue weighted by atomic mass is 14.9. The van der Waals surface area contributed by atoms with Gasteiger partial charge in [-0.2, -0.15) is 0 Å². The smallest absolute Gasteiger partial charge is 0.201 e. The molecule has 1 nitrogen and oxygen atoms in total. The molecule has 0 atom stereocenters. The summed E-state index contributed by atoms with van der Waals surface area (Å²) in [6, 6.07) is 31.5. The molecular formula is C34H28N+. The van der Waals surface area contributed by atoms with Crippen LogP contribution in [0, 0.1) is 13.8 Å². The van der Waals surface area contributed by atoms with Crippen LogP contribution < -0.4 is 4.57 Å². The molecule has 168 valence electrons. The first kappa shape index (κ1) is 20.4. The predicted octanol–water partition coefficient (Wildman–Crippen LogP) is 7.60. The van der Waals surface area contributed by atoms with Crippen molar-refractivity contribution in [2.75, 3.05) is 0 Å². The number of benzene rings is 4. The highest BCUT2D eigenvalue weighted by Gasteiger charge is 2.35. The minimum absolute atomic E-state index is 0.992. The fraction of sp³-hybridized carbons (Fsp3) is 0.147. The highest BCUT2D eigenvalue weighted by molar-refractivity contribution is 6.00.